The molecule has 1 saturated heterocycles. The van der Waals surface area contributed by atoms with Crippen LogP contribution in [0.25, 0.3) is 0 Å². The highest BCUT2D eigenvalue weighted by Crippen LogP contribution is 2.33. The number of likely N-dealkylation sites (tertiary alicyclic amines) is 1. The van der Waals surface area contributed by atoms with Crippen molar-refractivity contribution < 1.29 is 32.2 Å². The topological polar surface area (TPSA) is 138 Å². The highest BCUT2D eigenvalue weighted by molar-refractivity contribution is 7.93. The van der Waals surface area contributed by atoms with E-state index in [1.165, 1.54) is 6.07 Å². The SMILES string of the molecule is CCOC(=O)CS(=O)(=O)N(C/C=C/C1=CCC(=N)C(NC(=O)OCC)=C1C)c1ccc(OC2CCN(C)CC2)c(Cl)c1. The van der Waals surface area contributed by atoms with E-state index >= 15 is 0 Å². The third-order valence-electron chi connectivity index (χ3n) is 6.81. The van der Waals surface area contributed by atoms with Gasteiger partial charge in [0.2, 0.25) is 10.0 Å². The number of amides is 1. The molecule has 0 atom stereocenters. The third-order valence-corrected chi connectivity index (χ3v) is 8.74. The van der Waals surface area contributed by atoms with Crippen LogP contribution in [0.15, 0.2) is 53.3 Å². The molecule has 1 fully saturated rings. The van der Waals surface area contributed by atoms with Gasteiger partial charge >= 0.3 is 12.1 Å². The van der Waals surface area contributed by atoms with Gasteiger partial charge in [-0.15, -0.1) is 0 Å². The number of nitrogens with one attached hydrogen (secondary N) is 2. The van der Waals surface area contributed by atoms with Crippen LogP contribution in [-0.4, -0.2) is 82.8 Å². The molecule has 0 aromatic heterocycles. The molecule has 42 heavy (non-hydrogen) atoms. The number of rotatable bonds is 12. The summed E-state index contributed by atoms with van der Waals surface area (Å²) < 4.78 is 43.8. The number of anilines is 1. The van der Waals surface area contributed by atoms with E-state index in [0.29, 0.717) is 22.6 Å². The summed E-state index contributed by atoms with van der Waals surface area (Å²) in [6.07, 6.45) is 6.51. The zero-order valence-electron chi connectivity index (χ0n) is 24.4. The lowest BCUT2D eigenvalue weighted by Gasteiger charge is -2.30. The van der Waals surface area contributed by atoms with E-state index in [9.17, 15) is 18.0 Å². The fourth-order valence-corrected chi connectivity index (χ4v) is 6.08. The number of carbonyl (C=O) groups is 2. The van der Waals surface area contributed by atoms with E-state index in [4.69, 9.17) is 31.2 Å². The first kappa shape index (κ1) is 33.2. The molecule has 1 aliphatic heterocycles. The molecule has 1 aliphatic carbocycles. The number of nitrogens with zero attached hydrogens (tertiary/aromatic N) is 2. The number of esters is 1. The quantitative estimate of drug-likeness (QED) is 0.326. The first-order valence-electron chi connectivity index (χ1n) is 13.8. The van der Waals surface area contributed by atoms with Gasteiger partial charge in [-0.1, -0.05) is 29.8 Å². The summed E-state index contributed by atoms with van der Waals surface area (Å²) in [7, 11) is -2.09. The molecule has 1 amide bonds. The zero-order chi connectivity index (χ0) is 30.9. The van der Waals surface area contributed by atoms with Gasteiger partial charge in [0, 0.05) is 19.5 Å². The lowest BCUT2D eigenvalue weighted by Crippen LogP contribution is -2.36. The maximum Gasteiger partial charge on any atom is 0.411 e. The van der Waals surface area contributed by atoms with Gasteiger partial charge in [-0.2, -0.15) is 0 Å². The summed E-state index contributed by atoms with van der Waals surface area (Å²) in [5, 5.41) is 11.1. The van der Waals surface area contributed by atoms with Crippen molar-refractivity contribution in [3.05, 3.63) is 58.3 Å². The van der Waals surface area contributed by atoms with Crippen molar-refractivity contribution in [3.63, 3.8) is 0 Å². The second kappa shape index (κ2) is 15.2. The van der Waals surface area contributed by atoms with Crippen LogP contribution in [0.3, 0.4) is 0 Å². The van der Waals surface area contributed by atoms with Gasteiger partial charge in [-0.25, -0.2) is 13.2 Å². The van der Waals surface area contributed by atoms with E-state index in [1.807, 2.05) is 6.08 Å². The van der Waals surface area contributed by atoms with Crippen LogP contribution < -0.4 is 14.4 Å². The van der Waals surface area contributed by atoms with Crippen molar-refractivity contribution >= 4 is 45.1 Å². The van der Waals surface area contributed by atoms with E-state index in [2.05, 4.69) is 17.3 Å². The molecular weight excluding hydrogens is 584 g/mol. The summed E-state index contributed by atoms with van der Waals surface area (Å²) in [6.45, 7) is 7.01. The molecule has 1 heterocycles. The standard InChI is InChI=1S/C29H39ClN4O7S/c1-5-39-27(35)19-42(37,38)34(22-10-12-26(24(30)18-22)41-23-13-16-33(4)17-14-23)15-7-8-21-9-11-25(31)28(20(21)3)32-29(36)40-6-2/h7-10,12,18,23,31H,5-6,11,13-17,19H2,1-4H3,(H,32,36)/b8-7+,31-25?. The Labute approximate surface area is 252 Å². The minimum absolute atomic E-state index is 0.0147. The molecule has 11 nitrogen and oxygen atoms in total. The Morgan fingerprint density at radius 2 is 1.88 bits per heavy atom. The number of sulfonamides is 1. The van der Waals surface area contributed by atoms with Crippen LogP contribution in [0.5, 0.6) is 5.75 Å². The summed E-state index contributed by atoms with van der Waals surface area (Å²) in [6, 6.07) is 4.75. The highest BCUT2D eigenvalue weighted by Gasteiger charge is 2.27. The average molecular weight is 623 g/mol. The minimum Gasteiger partial charge on any atom is -0.489 e. The average Bonchev–Trinajstić information content (AvgIpc) is 2.92. The maximum absolute atomic E-state index is 13.4. The lowest BCUT2D eigenvalue weighted by atomic mass is 9.94. The predicted molar refractivity (Wildman–Crippen MR) is 163 cm³/mol. The number of piperidine rings is 1. The number of allylic oxidation sites excluding steroid dienone is 5. The van der Waals surface area contributed by atoms with Crippen molar-refractivity contribution in [2.45, 2.75) is 46.1 Å². The van der Waals surface area contributed by atoms with Crippen molar-refractivity contribution in [2.24, 2.45) is 0 Å². The van der Waals surface area contributed by atoms with Crippen LogP contribution in [-0.2, 0) is 24.3 Å². The summed E-state index contributed by atoms with van der Waals surface area (Å²) in [5.74, 6) is -1.24. The molecule has 1 aromatic carbocycles. The number of hydrogen-bond donors (Lipinski definition) is 2. The number of halogens is 1. The van der Waals surface area contributed by atoms with Crippen molar-refractivity contribution in [1.29, 1.82) is 5.41 Å². The summed E-state index contributed by atoms with van der Waals surface area (Å²) >= 11 is 6.55. The molecule has 0 radical (unpaired) electrons. The number of hydrogen-bond acceptors (Lipinski definition) is 9. The molecule has 0 bridgehead atoms. The first-order valence-corrected chi connectivity index (χ1v) is 15.8. The zero-order valence-corrected chi connectivity index (χ0v) is 26.0. The Balaban J connectivity index is 1.85. The van der Waals surface area contributed by atoms with Gasteiger partial charge in [-0.3, -0.25) is 14.4 Å². The van der Waals surface area contributed by atoms with Gasteiger partial charge in [0.25, 0.3) is 0 Å². The molecule has 1 aromatic rings. The highest BCUT2D eigenvalue weighted by atomic mass is 35.5. The normalized spacial score (nSPS) is 16.8. The van der Waals surface area contributed by atoms with Crippen LogP contribution in [0.2, 0.25) is 5.02 Å². The Morgan fingerprint density at radius 1 is 1.19 bits per heavy atom. The van der Waals surface area contributed by atoms with Crippen LogP contribution in [0, 0.1) is 5.41 Å². The van der Waals surface area contributed by atoms with Crippen LogP contribution >= 0.6 is 11.6 Å². The van der Waals surface area contributed by atoms with Gasteiger partial charge in [0.1, 0.15) is 11.9 Å². The smallest absolute Gasteiger partial charge is 0.411 e. The molecule has 0 spiro atoms. The fourth-order valence-electron chi connectivity index (χ4n) is 4.58. The molecule has 13 heteroatoms. The van der Waals surface area contributed by atoms with E-state index in [0.717, 1.165) is 30.2 Å². The number of carbonyl (C=O) groups excluding carboxylic acids is 2. The van der Waals surface area contributed by atoms with E-state index in [1.54, 1.807) is 45.1 Å². The second-order valence-electron chi connectivity index (χ2n) is 9.92. The van der Waals surface area contributed by atoms with Crippen molar-refractivity contribution in [1.82, 2.24) is 10.2 Å². The molecule has 0 unspecified atom stereocenters. The second-order valence-corrected chi connectivity index (χ2v) is 12.2. The fraction of sp³-hybridized carbons (Fsp3) is 0.483. The lowest BCUT2D eigenvalue weighted by molar-refractivity contribution is -0.139. The Kier molecular flexibility index (Phi) is 12.0. The summed E-state index contributed by atoms with van der Waals surface area (Å²) in [5.41, 5.74) is 2.18. The molecule has 230 valence electrons. The van der Waals surface area contributed by atoms with E-state index < -0.39 is 27.8 Å². The van der Waals surface area contributed by atoms with Gasteiger partial charge in [0.05, 0.1) is 41.9 Å². The number of alkyl carbamates (subject to hydrolysis) is 1. The largest absolute Gasteiger partial charge is 0.489 e. The van der Waals surface area contributed by atoms with Crippen molar-refractivity contribution in [3.8, 4) is 5.75 Å². The Bertz CT molecular complexity index is 1370. The Hall–Kier alpha value is -3.35. The van der Waals surface area contributed by atoms with Gasteiger partial charge < -0.3 is 24.5 Å². The Morgan fingerprint density at radius 3 is 2.52 bits per heavy atom. The van der Waals surface area contributed by atoms with Gasteiger partial charge in [-0.05, 0) is 70.0 Å². The van der Waals surface area contributed by atoms with Crippen molar-refractivity contribution in [2.75, 3.05) is 50.0 Å². The van der Waals surface area contributed by atoms with Crippen LogP contribution in [0.4, 0.5) is 10.5 Å². The molecule has 2 N–H and O–H groups in total. The van der Waals surface area contributed by atoms with E-state index in [-0.39, 0.29) is 48.7 Å². The molecule has 0 saturated carbocycles. The molecule has 2 aliphatic rings. The monoisotopic (exact) mass is 622 g/mol. The minimum atomic E-state index is -4.15. The third kappa shape index (κ3) is 9.07. The number of benzene rings is 1. The first-order chi connectivity index (χ1) is 19.9. The van der Waals surface area contributed by atoms with Gasteiger partial charge in [0.15, 0.2) is 5.75 Å². The molecular formula is C29H39ClN4O7S. The number of ether oxygens (including phenoxy) is 3. The molecule has 3 rings (SSSR count). The maximum atomic E-state index is 13.4. The van der Waals surface area contributed by atoms with Crippen LogP contribution in [0.1, 0.15) is 40.0 Å². The summed E-state index contributed by atoms with van der Waals surface area (Å²) in [4.78, 5) is 26.3. The predicted octanol–water partition coefficient (Wildman–Crippen LogP) is 4.44.